The predicted octanol–water partition coefficient (Wildman–Crippen LogP) is 1.91. The van der Waals surface area contributed by atoms with E-state index in [1.54, 1.807) is 6.92 Å². The Morgan fingerprint density at radius 2 is 2.30 bits per heavy atom. The molecule has 0 aliphatic heterocycles. The molecule has 0 radical (unpaired) electrons. The van der Waals surface area contributed by atoms with Crippen LogP contribution in [0.1, 0.15) is 6.92 Å². The number of hydrogen-bond donors (Lipinski definition) is 0. The van der Waals surface area contributed by atoms with Crippen LogP contribution in [0.15, 0.2) is 12.2 Å². The fourth-order valence-corrected chi connectivity index (χ4v) is 0.392. The monoisotopic (exact) mass is 182 g/mol. The summed E-state index contributed by atoms with van der Waals surface area (Å²) in [6.07, 6.45) is 0. The standard InChI is InChI=1S/C6H8Cl2O2/c1-4(2)6(9)10-5(8)3-7/h5H,1,3H2,2H3. The van der Waals surface area contributed by atoms with Gasteiger partial charge in [-0.05, 0) is 6.92 Å². The number of rotatable bonds is 3. The summed E-state index contributed by atoms with van der Waals surface area (Å²) in [6, 6.07) is 0. The largest absolute Gasteiger partial charge is 0.441 e. The maximum Gasteiger partial charge on any atom is 0.334 e. The normalized spacial score (nSPS) is 12.3. The quantitative estimate of drug-likeness (QED) is 0.379. The van der Waals surface area contributed by atoms with E-state index in [0.717, 1.165) is 0 Å². The molecule has 0 bridgehead atoms. The zero-order valence-electron chi connectivity index (χ0n) is 5.56. The topological polar surface area (TPSA) is 26.3 Å². The third-order valence-corrected chi connectivity index (χ3v) is 1.39. The van der Waals surface area contributed by atoms with Crippen LogP contribution in [0.4, 0.5) is 0 Å². The second-order valence-electron chi connectivity index (χ2n) is 1.75. The van der Waals surface area contributed by atoms with Crippen molar-refractivity contribution in [2.75, 3.05) is 5.88 Å². The molecule has 0 rings (SSSR count). The minimum atomic E-state index is -0.758. The Morgan fingerprint density at radius 3 is 2.60 bits per heavy atom. The first kappa shape index (κ1) is 9.79. The minimum absolute atomic E-state index is 0.0839. The summed E-state index contributed by atoms with van der Waals surface area (Å²) >= 11 is 10.7. The van der Waals surface area contributed by atoms with Crippen LogP contribution in [0, 0.1) is 0 Å². The van der Waals surface area contributed by atoms with Crippen LogP contribution in [0.5, 0.6) is 0 Å². The lowest BCUT2D eigenvalue weighted by Gasteiger charge is -2.06. The maximum atomic E-state index is 10.6. The lowest BCUT2D eigenvalue weighted by molar-refractivity contribution is -0.139. The van der Waals surface area contributed by atoms with Crippen molar-refractivity contribution in [2.24, 2.45) is 0 Å². The Bertz CT molecular complexity index is 145. The lowest BCUT2D eigenvalue weighted by Crippen LogP contribution is -2.13. The smallest absolute Gasteiger partial charge is 0.334 e. The van der Waals surface area contributed by atoms with Crippen molar-refractivity contribution in [3.63, 3.8) is 0 Å². The van der Waals surface area contributed by atoms with Gasteiger partial charge >= 0.3 is 5.97 Å². The van der Waals surface area contributed by atoms with Crippen LogP contribution in [0.25, 0.3) is 0 Å². The van der Waals surface area contributed by atoms with Gasteiger partial charge in [0, 0.05) is 5.57 Å². The fraction of sp³-hybridized carbons (Fsp3) is 0.500. The summed E-state index contributed by atoms with van der Waals surface area (Å²) in [5.74, 6) is -0.429. The molecule has 10 heavy (non-hydrogen) atoms. The second-order valence-corrected chi connectivity index (χ2v) is 2.55. The first-order valence-corrected chi connectivity index (χ1v) is 3.61. The van der Waals surface area contributed by atoms with E-state index in [1.807, 2.05) is 0 Å². The number of carbonyl (C=O) groups is 1. The number of alkyl halides is 2. The molecule has 0 fully saturated rings. The molecule has 0 saturated heterocycles. The van der Waals surface area contributed by atoms with Gasteiger partial charge < -0.3 is 4.74 Å². The van der Waals surface area contributed by atoms with E-state index >= 15 is 0 Å². The molecular formula is C6H8Cl2O2. The Labute approximate surface area is 69.8 Å². The Morgan fingerprint density at radius 1 is 1.80 bits per heavy atom. The van der Waals surface area contributed by atoms with E-state index in [4.69, 9.17) is 23.2 Å². The van der Waals surface area contributed by atoms with Gasteiger partial charge in [-0.25, -0.2) is 4.79 Å². The van der Waals surface area contributed by atoms with Gasteiger partial charge in [-0.3, -0.25) is 0 Å². The highest BCUT2D eigenvalue weighted by Crippen LogP contribution is 2.03. The predicted molar refractivity (Wildman–Crippen MR) is 41.3 cm³/mol. The van der Waals surface area contributed by atoms with Gasteiger partial charge in [0.1, 0.15) is 0 Å². The second kappa shape index (κ2) is 4.58. The van der Waals surface area contributed by atoms with Crippen LogP contribution < -0.4 is 0 Å². The van der Waals surface area contributed by atoms with E-state index in [0.29, 0.717) is 5.57 Å². The summed E-state index contributed by atoms with van der Waals surface area (Å²) in [5.41, 5.74) is -0.443. The number of esters is 1. The van der Waals surface area contributed by atoms with Crippen LogP contribution >= 0.6 is 23.2 Å². The van der Waals surface area contributed by atoms with Crippen molar-refractivity contribution >= 4 is 29.2 Å². The molecule has 0 spiro atoms. The van der Waals surface area contributed by atoms with Gasteiger partial charge in [-0.2, -0.15) is 0 Å². The Kier molecular flexibility index (Phi) is 4.49. The third kappa shape index (κ3) is 3.75. The summed E-state index contributed by atoms with van der Waals surface area (Å²) in [6.45, 7) is 4.91. The van der Waals surface area contributed by atoms with Crippen molar-refractivity contribution in [1.29, 1.82) is 0 Å². The summed E-state index contributed by atoms with van der Waals surface area (Å²) in [4.78, 5) is 10.6. The molecule has 1 atom stereocenters. The van der Waals surface area contributed by atoms with E-state index in [-0.39, 0.29) is 5.88 Å². The van der Waals surface area contributed by atoms with Crippen molar-refractivity contribution in [3.8, 4) is 0 Å². The first-order chi connectivity index (χ1) is 4.57. The first-order valence-electron chi connectivity index (χ1n) is 2.64. The van der Waals surface area contributed by atoms with Crippen molar-refractivity contribution in [3.05, 3.63) is 12.2 Å². The number of hydrogen-bond acceptors (Lipinski definition) is 2. The molecule has 0 aliphatic rings. The van der Waals surface area contributed by atoms with Crippen LogP contribution in [0.3, 0.4) is 0 Å². The molecule has 0 heterocycles. The number of ether oxygens (including phenoxy) is 1. The molecule has 0 aromatic rings. The van der Waals surface area contributed by atoms with Crippen molar-refractivity contribution in [1.82, 2.24) is 0 Å². The van der Waals surface area contributed by atoms with E-state index < -0.39 is 11.5 Å². The Balaban J connectivity index is 3.68. The highest BCUT2D eigenvalue weighted by atomic mass is 35.5. The van der Waals surface area contributed by atoms with Crippen molar-refractivity contribution in [2.45, 2.75) is 12.5 Å². The van der Waals surface area contributed by atoms with E-state index in [1.165, 1.54) is 0 Å². The highest BCUT2D eigenvalue weighted by molar-refractivity contribution is 6.27. The maximum absolute atomic E-state index is 10.6. The highest BCUT2D eigenvalue weighted by Gasteiger charge is 2.09. The average Bonchev–Trinajstić information content (AvgIpc) is 1.87. The molecule has 0 aromatic heterocycles. The molecule has 4 heteroatoms. The Hall–Kier alpha value is -0.210. The van der Waals surface area contributed by atoms with Gasteiger partial charge in [0.15, 0.2) is 5.56 Å². The lowest BCUT2D eigenvalue weighted by atomic mass is 10.4. The van der Waals surface area contributed by atoms with Crippen molar-refractivity contribution < 1.29 is 9.53 Å². The van der Waals surface area contributed by atoms with Gasteiger partial charge in [-0.15, -0.1) is 11.6 Å². The molecule has 1 unspecified atom stereocenters. The van der Waals surface area contributed by atoms with Gasteiger partial charge in [0.25, 0.3) is 0 Å². The summed E-state index contributed by atoms with van der Waals surface area (Å²) in [5, 5.41) is 0. The molecule has 0 amide bonds. The molecule has 2 nitrogen and oxygen atoms in total. The van der Waals surface area contributed by atoms with Crippen LogP contribution in [0.2, 0.25) is 0 Å². The van der Waals surface area contributed by atoms with E-state index in [2.05, 4.69) is 11.3 Å². The molecular weight excluding hydrogens is 175 g/mol. The van der Waals surface area contributed by atoms with Gasteiger partial charge in [0.2, 0.25) is 0 Å². The number of carbonyl (C=O) groups excluding carboxylic acids is 1. The molecule has 0 aliphatic carbocycles. The summed E-state index contributed by atoms with van der Waals surface area (Å²) < 4.78 is 4.56. The zero-order chi connectivity index (χ0) is 8.15. The molecule has 0 N–H and O–H groups in total. The van der Waals surface area contributed by atoms with Crippen LogP contribution in [-0.2, 0) is 9.53 Å². The fourth-order valence-electron chi connectivity index (χ4n) is 0.248. The number of halogens is 2. The zero-order valence-corrected chi connectivity index (χ0v) is 7.08. The SMILES string of the molecule is C=C(C)C(=O)OC(Cl)CCl. The van der Waals surface area contributed by atoms with Crippen LogP contribution in [-0.4, -0.2) is 17.4 Å². The molecule has 0 aromatic carbocycles. The summed E-state index contributed by atoms with van der Waals surface area (Å²) in [7, 11) is 0. The average molecular weight is 183 g/mol. The van der Waals surface area contributed by atoms with Gasteiger partial charge in [0.05, 0.1) is 5.88 Å². The minimum Gasteiger partial charge on any atom is -0.441 e. The van der Waals surface area contributed by atoms with Gasteiger partial charge in [-0.1, -0.05) is 18.2 Å². The molecule has 58 valence electrons. The third-order valence-electron chi connectivity index (χ3n) is 0.705. The molecule has 0 saturated carbocycles. The van der Waals surface area contributed by atoms with E-state index in [9.17, 15) is 4.79 Å².